The molecule has 0 aliphatic rings. The van der Waals surface area contributed by atoms with Crippen molar-refractivity contribution in [2.24, 2.45) is 0 Å². The molecular formula is C10H7BrN2O3. The zero-order chi connectivity index (χ0) is 11.7. The lowest BCUT2D eigenvalue weighted by molar-refractivity contribution is 0.0690. The number of rotatable bonds is 2. The maximum absolute atomic E-state index is 10.8. The highest BCUT2D eigenvalue weighted by Crippen LogP contribution is 2.23. The summed E-state index contributed by atoms with van der Waals surface area (Å²) in [6.07, 6.45) is 0. The van der Waals surface area contributed by atoms with Crippen LogP contribution in [0.3, 0.4) is 0 Å². The van der Waals surface area contributed by atoms with Crippen molar-refractivity contribution in [3.8, 4) is 11.5 Å². The Bertz CT molecular complexity index is 551. The average molecular weight is 283 g/mol. The zero-order valence-corrected chi connectivity index (χ0v) is 9.85. The molecule has 82 valence electrons. The van der Waals surface area contributed by atoms with Gasteiger partial charge in [0.1, 0.15) is 11.5 Å². The number of aromatic nitrogens is 2. The van der Waals surface area contributed by atoms with Gasteiger partial charge in [0.05, 0.1) is 0 Å². The van der Waals surface area contributed by atoms with Crippen LogP contribution in [0, 0.1) is 6.92 Å². The molecule has 0 bridgehead atoms. The third-order valence-corrected chi connectivity index (χ3v) is 2.31. The number of hydrogen-bond donors (Lipinski definition) is 1. The van der Waals surface area contributed by atoms with Crippen molar-refractivity contribution in [3.63, 3.8) is 0 Å². The number of hydrogen-bond acceptors (Lipinski definition) is 4. The van der Waals surface area contributed by atoms with Gasteiger partial charge in [0.2, 0.25) is 0 Å². The van der Waals surface area contributed by atoms with Gasteiger partial charge in [0.15, 0.2) is 16.1 Å². The summed E-state index contributed by atoms with van der Waals surface area (Å²) in [4.78, 5) is 18.7. The molecule has 0 saturated carbocycles. The highest BCUT2D eigenvalue weighted by molar-refractivity contribution is 9.10. The maximum Gasteiger partial charge on any atom is 0.354 e. The Morgan fingerprint density at radius 1 is 1.44 bits per heavy atom. The van der Waals surface area contributed by atoms with Gasteiger partial charge < -0.3 is 9.52 Å². The summed E-state index contributed by atoms with van der Waals surface area (Å²) >= 11 is 3.17. The van der Waals surface area contributed by atoms with Crippen molar-refractivity contribution in [3.05, 3.63) is 34.4 Å². The van der Waals surface area contributed by atoms with E-state index in [0.717, 1.165) is 0 Å². The van der Waals surface area contributed by atoms with Gasteiger partial charge in [-0.3, -0.25) is 0 Å². The molecule has 2 heterocycles. The van der Waals surface area contributed by atoms with E-state index in [0.29, 0.717) is 21.9 Å². The Morgan fingerprint density at radius 2 is 2.19 bits per heavy atom. The van der Waals surface area contributed by atoms with Crippen LogP contribution in [-0.2, 0) is 0 Å². The van der Waals surface area contributed by atoms with Crippen LogP contribution in [0.1, 0.15) is 16.3 Å². The molecule has 0 amide bonds. The normalized spacial score (nSPS) is 10.4. The summed E-state index contributed by atoms with van der Waals surface area (Å²) in [6, 6.07) is 4.80. The topological polar surface area (TPSA) is 76.2 Å². The Hall–Kier alpha value is -1.69. The summed E-state index contributed by atoms with van der Waals surface area (Å²) in [5, 5.41) is 8.86. The van der Waals surface area contributed by atoms with Gasteiger partial charge in [-0.1, -0.05) is 0 Å². The van der Waals surface area contributed by atoms with Gasteiger partial charge in [-0.25, -0.2) is 14.8 Å². The summed E-state index contributed by atoms with van der Waals surface area (Å²) in [5.41, 5.74) is 0.408. The molecule has 5 nitrogen and oxygen atoms in total. The third kappa shape index (κ3) is 2.11. The number of aryl methyl sites for hydroxylation is 1. The Labute approximate surface area is 99.3 Å². The largest absolute Gasteiger partial charge is 0.477 e. The second-order valence-corrected chi connectivity index (χ2v) is 3.88. The molecule has 0 unspecified atom stereocenters. The van der Waals surface area contributed by atoms with E-state index in [1.165, 1.54) is 6.07 Å². The molecule has 0 aromatic carbocycles. The first-order valence-corrected chi connectivity index (χ1v) is 5.20. The number of nitrogens with zero attached hydrogens (tertiary/aromatic N) is 2. The molecule has 2 aromatic rings. The molecule has 0 fully saturated rings. The molecule has 1 N–H and O–H groups in total. The fourth-order valence-electron chi connectivity index (χ4n) is 1.26. The average Bonchev–Trinajstić information content (AvgIpc) is 2.64. The number of halogens is 1. The molecule has 16 heavy (non-hydrogen) atoms. The number of carboxylic acid groups (broad SMARTS) is 1. The van der Waals surface area contributed by atoms with Gasteiger partial charge in [-0.05, 0) is 35.0 Å². The molecule has 0 aliphatic carbocycles. The number of carbonyl (C=O) groups is 1. The molecular weight excluding hydrogens is 276 g/mol. The van der Waals surface area contributed by atoms with Crippen LogP contribution in [0.25, 0.3) is 11.5 Å². The fraction of sp³-hybridized carbons (Fsp3) is 0.100. The van der Waals surface area contributed by atoms with Crippen LogP contribution < -0.4 is 0 Å². The Kier molecular flexibility index (Phi) is 2.74. The number of furan rings is 1. The SMILES string of the molecule is Cc1nc(C(=O)O)cc(-c2ccc(Br)o2)n1. The lowest BCUT2D eigenvalue weighted by atomic mass is 10.2. The van der Waals surface area contributed by atoms with Gasteiger partial charge in [0, 0.05) is 6.07 Å². The quantitative estimate of drug-likeness (QED) is 0.916. The van der Waals surface area contributed by atoms with Crippen LogP contribution in [-0.4, -0.2) is 21.0 Å². The molecule has 0 radical (unpaired) electrons. The molecule has 2 rings (SSSR count). The summed E-state index contributed by atoms with van der Waals surface area (Å²) in [6.45, 7) is 1.63. The zero-order valence-electron chi connectivity index (χ0n) is 8.27. The van der Waals surface area contributed by atoms with Crippen LogP contribution in [0.4, 0.5) is 0 Å². The van der Waals surface area contributed by atoms with E-state index in [9.17, 15) is 4.79 Å². The van der Waals surface area contributed by atoms with Crippen molar-refractivity contribution >= 4 is 21.9 Å². The van der Waals surface area contributed by atoms with Crippen LogP contribution in [0.2, 0.25) is 0 Å². The monoisotopic (exact) mass is 282 g/mol. The van der Waals surface area contributed by atoms with E-state index >= 15 is 0 Å². The Morgan fingerprint density at radius 3 is 2.75 bits per heavy atom. The minimum absolute atomic E-state index is 0.0463. The number of aromatic carboxylic acids is 1. The van der Waals surface area contributed by atoms with Crippen molar-refractivity contribution < 1.29 is 14.3 Å². The maximum atomic E-state index is 10.8. The summed E-state index contributed by atoms with van der Waals surface area (Å²) in [7, 11) is 0. The van der Waals surface area contributed by atoms with Crippen LogP contribution in [0.15, 0.2) is 27.3 Å². The first kappa shape index (κ1) is 10.8. The van der Waals surface area contributed by atoms with E-state index in [1.807, 2.05) is 0 Å². The van der Waals surface area contributed by atoms with Crippen LogP contribution >= 0.6 is 15.9 Å². The first-order valence-electron chi connectivity index (χ1n) is 4.41. The summed E-state index contributed by atoms with van der Waals surface area (Å²) in [5.74, 6) is -0.195. The van der Waals surface area contributed by atoms with E-state index < -0.39 is 5.97 Å². The van der Waals surface area contributed by atoms with E-state index in [2.05, 4.69) is 25.9 Å². The van der Waals surface area contributed by atoms with E-state index in [1.54, 1.807) is 19.1 Å². The molecule has 0 atom stereocenters. The molecule has 0 spiro atoms. The molecule has 2 aromatic heterocycles. The van der Waals surface area contributed by atoms with Crippen molar-refractivity contribution in [2.75, 3.05) is 0 Å². The minimum atomic E-state index is -1.09. The van der Waals surface area contributed by atoms with E-state index in [-0.39, 0.29) is 5.69 Å². The molecule has 6 heteroatoms. The van der Waals surface area contributed by atoms with Crippen LogP contribution in [0.5, 0.6) is 0 Å². The second kappa shape index (κ2) is 4.05. The van der Waals surface area contributed by atoms with Gasteiger partial charge in [-0.15, -0.1) is 0 Å². The smallest absolute Gasteiger partial charge is 0.354 e. The van der Waals surface area contributed by atoms with Crippen molar-refractivity contribution in [1.29, 1.82) is 0 Å². The first-order chi connectivity index (χ1) is 7.56. The third-order valence-electron chi connectivity index (χ3n) is 1.88. The molecule has 0 aliphatic heterocycles. The van der Waals surface area contributed by atoms with Crippen molar-refractivity contribution in [1.82, 2.24) is 9.97 Å². The number of carboxylic acids is 1. The van der Waals surface area contributed by atoms with Gasteiger partial charge in [-0.2, -0.15) is 0 Å². The van der Waals surface area contributed by atoms with E-state index in [4.69, 9.17) is 9.52 Å². The highest BCUT2D eigenvalue weighted by Gasteiger charge is 2.12. The lowest BCUT2D eigenvalue weighted by Crippen LogP contribution is -2.03. The molecule has 0 saturated heterocycles. The lowest BCUT2D eigenvalue weighted by Gasteiger charge is -2.00. The Balaban J connectivity index is 2.53. The minimum Gasteiger partial charge on any atom is -0.477 e. The summed E-state index contributed by atoms with van der Waals surface area (Å²) < 4.78 is 5.86. The standard InChI is InChI=1S/C10H7BrN2O3/c1-5-12-6(4-7(13-5)10(14)15)8-2-3-9(11)16-8/h2-4H,1H3,(H,14,15). The van der Waals surface area contributed by atoms with Crippen molar-refractivity contribution in [2.45, 2.75) is 6.92 Å². The van der Waals surface area contributed by atoms with Gasteiger partial charge in [0.25, 0.3) is 0 Å². The van der Waals surface area contributed by atoms with Gasteiger partial charge >= 0.3 is 5.97 Å². The predicted octanol–water partition coefficient (Wildman–Crippen LogP) is 2.51. The fourth-order valence-corrected chi connectivity index (χ4v) is 1.56. The second-order valence-electron chi connectivity index (χ2n) is 3.09. The highest BCUT2D eigenvalue weighted by atomic mass is 79.9. The predicted molar refractivity (Wildman–Crippen MR) is 59.1 cm³/mol.